The molecule has 0 amide bonds. The zero-order chi connectivity index (χ0) is 29.2. The van der Waals surface area contributed by atoms with Crippen LogP contribution in [-0.2, 0) is 32.9 Å². The molecule has 0 spiro atoms. The van der Waals surface area contributed by atoms with Crippen molar-refractivity contribution in [2.24, 2.45) is 0 Å². The molecule has 0 N–H and O–H groups in total. The zero-order valence-electron chi connectivity index (χ0n) is 25.1. The van der Waals surface area contributed by atoms with E-state index < -0.39 is 38.1 Å². The van der Waals surface area contributed by atoms with Crippen LogP contribution in [0.5, 0.6) is 0 Å². The third kappa shape index (κ3) is 6.59. The Labute approximate surface area is 239 Å². The Bertz CT molecular complexity index is 1130. The molecule has 0 aliphatic carbocycles. The van der Waals surface area contributed by atoms with Gasteiger partial charge in [-0.3, -0.25) is 0 Å². The molecule has 7 nitrogen and oxygen atoms in total. The van der Waals surface area contributed by atoms with Gasteiger partial charge < -0.3 is 28.1 Å². The second-order valence-corrected chi connectivity index (χ2v) is 16.6. The van der Waals surface area contributed by atoms with Crippen molar-refractivity contribution in [2.45, 2.75) is 90.3 Å². The Morgan fingerprint density at radius 3 is 1.98 bits per heavy atom. The number of hydrogen-bond acceptors (Lipinski definition) is 7. The largest absolute Gasteiger partial charge is 0.463 e. The summed E-state index contributed by atoms with van der Waals surface area (Å²) < 4.78 is 37.4. The summed E-state index contributed by atoms with van der Waals surface area (Å²) >= 11 is 0. The maximum Gasteiger partial charge on any atom is 0.330 e. The van der Waals surface area contributed by atoms with Crippen molar-refractivity contribution in [3.8, 4) is 0 Å². The molecule has 2 aliphatic heterocycles. The molecule has 2 heterocycles. The van der Waals surface area contributed by atoms with Crippen LogP contribution in [-0.4, -0.2) is 64.0 Å². The summed E-state index contributed by atoms with van der Waals surface area (Å²) in [5.74, 6) is -2.07. The number of rotatable bonds is 9. The number of carbonyl (C=O) groups excluding carboxylic acids is 1. The lowest BCUT2D eigenvalue weighted by molar-refractivity contribution is -0.174. The van der Waals surface area contributed by atoms with Crippen LogP contribution >= 0.6 is 0 Å². The quantitative estimate of drug-likeness (QED) is 0.246. The van der Waals surface area contributed by atoms with Gasteiger partial charge in [0, 0.05) is 6.08 Å². The van der Waals surface area contributed by atoms with Crippen molar-refractivity contribution in [2.75, 3.05) is 19.8 Å². The summed E-state index contributed by atoms with van der Waals surface area (Å²) in [6, 6.07) is 20.8. The Kier molecular flexibility index (Phi) is 9.09. The summed E-state index contributed by atoms with van der Waals surface area (Å²) in [6.45, 7) is 16.7. The molecule has 0 saturated carbocycles. The molecular weight excluding hydrogens is 524 g/mol. The molecule has 8 heteroatoms. The minimum absolute atomic E-state index is 0.156. The fourth-order valence-corrected chi connectivity index (χ4v) is 10.3. The SMILES string of the molecule is CCOC(=O)/C=C(\CO[Si](c1ccccc1)(c1ccccc1)C(C)(C)C)[C@H]1OC(C)(C)O[C@@H]1[C@H]1COC(C)(C)O1. The fraction of sp³-hybridized carbons (Fsp3) is 0.531. The van der Waals surface area contributed by atoms with E-state index >= 15 is 0 Å². The van der Waals surface area contributed by atoms with Crippen molar-refractivity contribution < 1.29 is 32.9 Å². The van der Waals surface area contributed by atoms with Gasteiger partial charge in [0.05, 0.1) is 19.8 Å². The minimum Gasteiger partial charge on any atom is -0.463 e. The molecule has 3 atom stereocenters. The standard InChI is InChI=1S/C32H44O7Si/c1-9-34-27(33)20-23(28-29(39-32(7,8)38-28)26-22-35-31(5,6)37-26)21-36-40(30(2,3)4,24-16-12-10-13-17-24)25-18-14-11-15-19-25/h10-20,26,28-29H,9,21-22H2,1-8H3/b23-20+/t26-,28-,29-/m1/s1. The first-order chi connectivity index (χ1) is 18.8. The van der Waals surface area contributed by atoms with E-state index in [-0.39, 0.29) is 24.4 Å². The Morgan fingerprint density at radius 1 is 0.925 bits per heavy atom. The average Bonchev–Trinajstić information content (AvgIpc) is 3.42. The monoisotopic (exact) mass is 568 g/mol. The van der Waals surface area contributed by atoms with Gasteiger partial charge >= 0.3 is 5.97 Å². The third-order valence-corrected chi connectivity index (χ3v) is 12.3. The van der Waals surface area contributed by atoms with Gasteiger partial charge in [-0.2, -0.15) is 0 Å². The molecule has 2 fully saturated rings. The molecule has 218 valence electrons. The van der Waals surface area contributed by atoms with E-state index in [1.54, 1.807) is 6.92 Å². The lowest BCUT2D eigenvalue weighted by atomic mass is 10.0. The Morgan fingerprint density at radius 2 is 1.50 bits per heavy atom. The van der Waals surface area contributed by atoms with Gasteiger partial charge in [-0.1, -0.05) is 81.4 Å². The summed E-state index contributed by atoms with van der Waals surface area (Å²) in [5, 5.41) is 2.07. The van der Waals surface area contributed by atoms with Crippen LogP contribution < -0.4 is 10.4 Å². The van der Waals surface area contributed by atoms with Gasteiger partial charge in [0.25, 0.3) is 8.32 Å². The molecule has 40 heavy (non-hydrogen) atoms. The molecule has 4 rings (SSSR count). The highest BCUT2D eigenvalue weighted by Gasteiger charge is 2.53. The van der Waals surface area contributed by atoms with Crippen molar-refractivity contribution in [3.63, 3.8) is 0 Å². The van der Waals surface area contributed by atoms with Gasteiger partial charge in [0.15, 0.2) is 11.6 Å². The number of esters is 1. The van der Waals surface area contributed by atoms with Crippen LogP contribution in [0, 0.1) is 0 Å². The highest BCUT2D eigenvalue weighted by molar-refractivity contribution is 6.99. The first kappa shape index (κ1) is 30.6. The van der Waals surface area contributed by atoms with Crippen LogP contribution in [0.15, 0.2) is 72.3 Å². The van der Waals surface area contributed by atoms with E-state index in [1.807, 2.05) is 39.8 Å². The number of carbonyl (C=O) groups is 1. The van der Waals surface area contributed by atoms with Crippen molar-refractivity contribution >= 4 is 24.7 Å². The number of benzene rings is 2. The molecule has 0 bridgehead atoms. The summed E-state index contributed by atoms with van der Waals surface area (Å²) in [4.78, 5) is 12.9. The van der Waals surface area contributed by atoms with Crippen LogP contribution in [0.4, 0.5) is 0 Å². The highest BCUT2D eigenvalue weighted by atomic mass is 28.4. The first-order valence-corrected chi connectivity index (χ1v) is 16.0. The predicted octanol–water partition coefficient (Wildman–Crippen LogP) is 4.72. The van der Waals surface area contributed by atoms with E-state index in [2.05, 4.69) is 69.3 Å². The maximum absolute atomic E-state index is 12.9. The summed E-state index contributed by atoms with van der Waals surface area (Å²) in [7, 11) is -2.89. The van der Waals surface area contributed by atoms with Crippen molar-refractivity contribution in [1.82, 2.24) is 0 Å². The summed E-state index contributed by atoms with van der Waals surface area (Å²) in [5.41, 5.74) is 0.648. The third-order valence-electron chi connectivity index (χ3n) is 7.35. The molecule has 2 aromatic carbocycles. The fourth-order valence-electron chi connectivity index (χ4n) is 5.72. The number of ether oxygens (including phenoxy) is 5. The lowest BCUT2D eigenvalue weighted by Gasteiger charge is -2.43. The minimum atomic E-state index is -2.89. The van der Waals surface area contributed by atoms with E-state index in [0.717, 1.165) is 10.4 Å². The topological polar surface area (TPSA) is 72.5 Å². The van der Waals surface area contributed by atoms with Gasteiger partial charge in [-0.15, -0.1) is 0 Å². The second-order valence-electron chi connectivity index (χ2n) is 12.3. The van der Waals surface area contributed by atoms with Crippen LogP contribution in [0.25, 0.3) is 0 Å². The molecular formula is C32H44O7Si. The van der Waals surface area contributed by atoms with Gasteiger partial charge in [-0.25, -0.2) is 4.79 Å². The maximum atomic E-state index is 12.9. The first-order valence-electron chi connectivity index (χ1n) is 14.1. The summed E-state index contributed by atoms with van der Waals surface area (Å²) in [6.07, 6.45) is 0.0329. The molecule has 2 saturated heterocycles. The lowest BCUT2D eigenvalue weighted by Crippen LogP contribution is -2.66. The smallest absolute Gasteiger partial charge is 0.330 e. The zero-order valence-corrected chi connectivity index (χ0v) is 26.1. The second kappa shape index (κ2) is 11.9. The Balaban J connectivity index is 1.77. The molecule has 2 aliphatic rings. The molecule has 0 radical (unpaired) electrons. The van der Waals surface area contributed by atoms with E-state index in [1.165, 1.54) is 6.08 Å². The van der Waals surface area contributed by atoms with Crippen LogP contribution in [0.2, 0.25) is 5.04 Å². The normalized spacial score (nSPS) is 24.7. The van der Waals surface area contributed by atoms with Gasteiger partial charge in [-0.05, 0) is 55.6 Å². The Hall–Kier alpha value is -2.33. The van der Waals surface area contributed by atoms with Crippen LogP contribution in [0.1, 0.15) is 55.4 Å². The van der Waals surface area contributed by atoms with Crippen molar-refractivity contribution in [1.29, 1.82) is 0 Å². The highest BCUT2D eigenvalue weighted by Crippen LogP contribution is 2.40. The number of hydrogen-bond donors (Lipinski definition) is 0. The molecule has 2 aromatic rings. The van der Waals surface area contributed by atoms with Crippen molar-refractivity contribution in [3.05, 3.63) is 72.3 Å². The van der Waals surface area contributed by atoms with Gasteiger partial charge in [0.2, 0.25) is 0 Å². The van der Waals surface area contributed by atoms with E-state index in [0.29, 0.717) is 12.2 Å². The van der Waals surface area contributed by atoms with E-state index in [9.17, 15) is 4.79 Å². The predicted molar refractivity (Wildman–Crippen MR) is 157 cm³/mol. The average molecular weight is 569 g/mol. The molecule has 0 aromatic heterocycles. The van der Waals surface area contributed by atoms with Gasteiger partial charge in [0.1, 0.15) is 18.3 Å². The van der Waals surface area contributed by atoms with E-state index in [4.69, 9.17) is 28.1 Å². The molecule has 0 unspecified atom stereocenters. The van der Waals surface area contributed by atoms with Crippen LogP contribution in [0.3, 0.4) is 0 Å².